The fourth-order valence-corrected chi connectivity index (χ4v) is 5.01. The molecule has 0 aliphatic rings. The Kier molecular flexibility index (Phi) is 6.34. The van der Waals surface area contributed by atoms with E-state index in [1.54, 1.807) is 37.3 Å². The maximum atomic E-state index is 15.2. The minimum atomic E-state index is -1.21. The summed E-state index contributed by atoms with van der Waals surface area (Å²) in [6, 6.07) is 12.6. The molecule has 3 aromatic heterocycles. The third-order valence-corrected chi connectivity index (χ3v) is 7.06. The van der Waals surface area contributed by atoms with Gasteiger partial charge in [0, 0.05) is 5.56 Å². The second kappa shape index (κ2) is 9.89. The average Bonchev–Trinajstić information content (AvgIpc) is 3.37. The monoisotopic (exact) mass is 577 g/mol. The van der Waals surface area contributed by atoms with Crippen molar-refractivity contribution in [2.24, 2.45) is 0 Å². The predicted molar refractivity (Wildman–Crippen MR) is 148 cm³/mol. The SMILES string of the molecule is COc1ccc(-c2nn(C(C)c3nc4c(F)ccc(Cl)c4c(=O)n3-c3ccccc3)c3ncnc(N)c23)c(F)c1F. The molecule has 2 N–H and O–H groups in total. The van der Waals surface area contributed by atoms with Crippen molar-refractivity contribution in [3.63, 3.8) is 0 Å². The summed E-state index contributed by atoms with van der Waals surface area (Å²) in [5.74, 6) is -3.43. The van der Waals surface area contributed by atoms with Gasteiger partial charge in [-0.1, -0.05) is 29.8 Å². The first-order valence-electron chi connectivity index (χ1n) is 12.2. The fourth-order valence-electron chi connectivity index (χ4n) is 4.78. The van der Waals surface area contributed by atoms with Gasteiger partial charge in [0.2, 0.25) is 5.82 Å². The minimum Gasteiger partial charge on any atom is -0.494 e. The summed E-state index contributed by atoms with van der Waals surface area (Å²) >= 11 is 6.32. The van der Waals surface area contributed by atoms with E-state index in [1.807, 2.05) is 0 Å². The summed E-state index contributed by atoms with van der Waals surface area (Å²) in [6.07, 6.45) is 1.19. The Morgan fingerprint density at radius 2 is 1.73 bits per heavy atom. The molecule has 206 valence electrons. The molecular formula is C28H19ClF3N7O2. The van der Waals surface area contributed by atoms with Crippen LogP contribution in [-0.2, 0) is 0 Å². The number of halogens is 4. The molecule has 3 heterocycles. The van der Waals surface area contributed by atoms with Gasteiger partial charge in [0.05, 0.1) is 28.6 Å². The summed E-state index contributed by atoms with van der Waals surface area (Å²) in [5.41, 5.74) is 5.64. The third kappa shape index (κ3) is 4.06. The topological polar surface area (TPSA) is 114 Å². The summed E-state index contributed by atoms with van der Waals surface area (Å²) in [4.78, 5) is 26.7. The van der Waals surface area contributed by atoms with Crippen LogP contribution in [0.25, 0.3) is 38.9 Å². The summed E-state index contributed by atoms with van der Waals surface area (Å²) in [5, 5.41) is 4.63. The average molecular weight is 578 g/mol. The van der Waals surface area contributed by atoms with E-state index in [-0.39, 0.29) is 55.6 Å². The highest BCUT2D eigenvalue weighted by molar-refractivity contribution is 6.35. The molecule has 0 aliphatic heterocycles. The molecular weight excluding hydrogens is 559 g/mol. The second-order valence-electron chi connectivity index (χ2n) is 9.07. The van der Waals surface area contributed by atoms with E-state index in [0.29, 0.717) is 5.69 Å². The molecule has 3 aromatic carbocycles. The molecule has 1 unspecified atom stereocenters. The number of fused-ring (bicyclic) bond motifs is 2. The number of hydrogen-bond acceptors (Lipinski definition) is 7. The van der Waals surface area contributed by atoms with E-state index in [1.165, 1.54) is 40.9 Å². The summed E-state index contributed by atoms with van der Waals surface area (Å²) < 4.78 is 52.4. The van der Waals surface area contributed by atoms with Crippen molar-refractivity contribution >= 4 is 39.4 Å². The zero-order valence-electron chi connectivity index (χ0n) is 21.4. The van der Waals surface area contributed by atoms with E-state index in [9.17, 15) is 13.6 Å². The molecule has 0 fully saturated rings. The third-order valence-electron chi connectivity index (χ3n) is 6.75. The minimum absolute atomic E-state index is 0.0344. The van der Waals surface area contributed by atoms with E-state index in [4.69, 9.17) is 22.1 Å². The first kappa shape index (κ1) is 26.3. The quantitative estimate of drug-likeness (QED) is 0.289. The van der Waals surface area contributed by atoms with Crippen LogP contribution in [0.1, 0.15) is 18.8 Å². The maximum Gasteiger partial charge on any atom is 0.267 e. The van der Waals surface area contributed by atoms with E-state index >= 15 is 4.39 Å². The smallest absolute Gasteiger partial charge is 0.267 e. The molecule has 0 aliphatic carbocycles. The van der Waals surface area contributed by atoms with Gasteiger partial charge in [0.1, 0.15) is 41.0 Å². The second-order valence-corrected chi connectivity index (χ2v) is 9.48. The van der Waals surface area contributed by atoms with Crippen LogP contribution in [0.15, 0.2) is 65.7 Å². The number of hydrogen-bond donors (Lipinski definition) is 1. The number of nitrogens with two attached hydrogens (primary N) is 1. The molecule has 9 nitrogen and oxygen atoms in total. The van der Waals surface area contributed by atoms with Crippen LogP contribution < -0.4 is 16.0 Å². The van der Waals surface area contributed by atoms with Crippen molar-refractivity contribution in [2.75, 3.05) is 12.8 Å². The van der Waals surface area contributed by atoms with Crippen LogP contribution in [-0.4, -0.2) is 36.4 Å². The predicted octanol–water partition coefficient (Wildman–Crippen LogP) is 5.46. The Morgan fingerprint density at radius 1 is 0.976 bits per heavy atom. The number of rotatable bonds is 5. The highest BCUT2D eigenvalue weighted by Gasteiger charge is 2.28. The number of nitrogens with zero attached hydrogens (tertiary/aromatic N) is 6. The zero-order valence-corrected chi connectivity index (χ0v) is 22.2. The lowest BCUT2D eigenvalue weighted by molar-refractivity contribution is 0.372. The molecule has 6 aromatic rings. The molecule has 0 radical (unpaired) electrons. The van der Waals surface area contributed by atoms with E-state index < -0.39 is 29.1 Å². The van der Waals surface area contributed by atoms with Crippen molar-refractivity contribution in [1.29, 1.82) is 0 Å². The molecule has 13 heteroatoms. The van der Waals surface area contributed by atoms with Crippen LogP contribution in [0.2, 0.25) is 5.02 Å². The Balaban J connectivity index is 1.67. The molecule has 0 spiro atoms. The first-order valence-corrected chi connectivity index (χ1v) is 12.6. The Morgan fingerprint density at radius 3 is 2.46 bits per heavy atom. The lowest BCUT2D eigenvalue weighted by Crippen LogP contribution is -2.28. The van der Waals surface area contributed by atoms with Crippen LogP contribution in [0, 0.1) is 17.5 Å². The first-order chi connectivity index (χ1) is 19.7. The lowest BCUT2D eigenvalue weighted by atomic mass is 10.1. The largest absolute Gasteiger partial charge is 0.494 e. The van der Waals surface area contributed by atoms with Crippen molar-refractivity contribution in [3.8, 4) is 22.7 Å². The van der Waals surface area contributed by atoms with Gasteiger partial charge in [-0.05, 0) is 43.3 Å². The van der Waals surface area contributed by atoms with Gasteiger partial charge in [0.25, 0.3) is 5.56 Å². The van der Waals surface area contributed by atoms with Crippen molar-refractivity contribution in [3.05, 3.63) is 99.6 Å². The van der Waals surface area contributed by atoms with Gasteiger partial charge < -0.3 is 10.5 Å². The fraction of sp³-hybridized carbons (Fsp3) is 0.107. The van der Waals surface area contributed by atoms with Crippen molar-refractivity contribution in [1.82, 2.24) is 29.3 Å². The molecule has 6 rings (SSSR count). The number of methoxy groups -OCH3 is 1. The summed E-state index contributed by atoms with van der Waals surface area (Å²) in [7, 11) is 1.22. The van der Waals surface area contributed by atoms with Crippen LogP contribution in [0.3, 0.4) is 0 Å². The Bertz CT molecular complexity index is 2050. The maximum absolute atomic E-state index is 15.2. The van der Waals surface area contributed by atoms with Gasteiger partial charge in [-0.25, -0.2) is 28.4 Å². The Hall–Kier alpha value is -4.97. The van der Waals surface area contributed by atoms with Crippen LogP contribution in [0.5, 0.6) is 5.75 Å². The number of aromatic nitrogens is 6. The van der Waals surface area contributed by atoms with Gasteiger partial charge in [0.15, 0.2) is 17.2 Å². The standard InChI is InChI=1S/C28H19ClF3N7O2/c1-13(26-36-24-17(30)10-9-16(29)19(24)28(40)38(26)14-6-4-3-5-7-14)39-27-20(25(33)34-12-35-27)23(37-39)15-8-11-18(41-2)22(32)21(15)31/h3-13H,1-2H3,(H2,33,34,35). The normalized spacial score (nSPS) is 12.2. The van der Waals surface area contributed by atoms with Gasteiger partial charge in [-0.2, -0.15) is 9.49 Å². The Labute approximate surface area is 234 Å². The molecule has 0 bridgehead atoms. The molecule has 0 saturated heterocycles. The van der Waals surface area contributed by atoms with Crippen LogP contribution in [0.4, 0.5) is 19.0 Å². The molecule has 0 amide bonds. The number of anilines is 1. The van der Waals surface area contributed by atoms with Gasteiger partial charge in [-0.3, -0.25) is 9.36 Å². The van der Waals surface area contributed by atoms with E-state index in [0.717, 1.165) is 6.07 Å². The highest BCUT2D eigenvalue weighted by Crippen LogP contribution is 2.37. The van der Waals surface area contributed by atoms with E-state index in [2.05, 4.69) is 20.1 Å². The van der Waals surface area contributed by atoms with Gasteiger partial charge >= 0.3 is 0 Å². The van der Waals surface area contributed by atoms with Gasteiger partial charge in [-0.15, -0.1) is 0 Å². The highest BCUT2D eigenvalue weighted by atomic mass is 35.5. The number of ether oxygens (including phenoxy) is 1. The summed E-state index contributed by atoms with van der Waals surface area (Å²) in [6.45, 7) is 1.65. The lowest BCUT2D eigenvalue weighted by Gasteiger charge is -2.20. The van der Waals surface area contributed by atoms with Crippen LogP contribution >= 0.6 is 11.6 Å². The molecule has 1 atom stereocenters. The van der Waals surface area contributed by atoms with Crippen molar-refractivity contribution in [2.45, 2.75) is 13.0 Å². The molecule has 0 saturated carbocycles. The number of benzene rings is 3. The molecule has 41 heavy (non-hydrogen) atoms. The van der Waals surface area contributed by atoms with Crippen molar-refractivity contribution < 1.29 is 17.9 Å². The number of nitrogen functional groups attached to an aromatic ring is 1. The number of para-hydroxylation sites is 1. The zero-order chi connectivity index (χ0) is 29.0.